The van der Waals surface area contributed by atoms with Gasteiger partial charge < -0.3 is 50.8 Å². The van der Waals surface area contributed by atoms with Crippen molar-refractivity contribution in [3.05, 3.63) is 86.0 Å². The summed E-state index contributed by atoms with van der Waals surface area (Å²) in [7, 11) is 0. The molecule has 2 aliphatic heterocycles. The van der Waals surface area contributed by atoms with E-state index in [1.165, 1.54) is 51.4 Å². The molecule has 4 aliphatic rings. The van der Waals surface area contributed by atoms with Crippen molar-refractivity contribution < 1.29 is 15.0 Å². The Labute approximate surface area is 425 Å². The van der Waals surface area contributed by atoms with Gasteiger partial charge in [0.2, 0.25) is 11.9 Å². The molecule has 73 heavy (non-hydrogen) atoms. The Bertz CT molecular complexity index is 3090. The fourth-order valence-corrected chi connectivity index (χ4v) is 10.8. The Hall–Kier alpha value is -6.93. The molecule has 0 spiro atoms. The van der Waals surface area contributed by atoms with Gasteiger partial charge in [0.1, 0.15) is 28.7 Å². The van der Waals surface area contributed by atoms with Crippen LogP contribution in [0, 0.1) is 0 Å². The van der Waals surface area contributed by atoms with E-state index in [9.17, 15) is 9.90 Å². The summed E-state index contributed by atoms with van der Waals surface area (Å²) in [6.45, 7) is 7.50. The third-order valence-corrected chi connectivity index (χ3v) is 14.7. The molecule has 0 amide bonds. The molecule has 2 saturated heterocycles. The molecule has 19 heteroatoms. The van der Waals surface area contributed by atoms with Crippen LogP contribution in [0.25, 0.3) is 43.9 Å². The Balaban J connectivity index is 0.000000154. The second-order valence-electron chi connectivity index (χ2n) is 20.0. The number of piperidine rings is 2. The number of nitrogens with zero attached hydrogens (tertiary/aromatic N) is 12. The molecular weight excluding hydrogens is 921 g/mol. The summed E-state index contributed by atoms with van der Waals surface area (Å²) < 4.78 is 4.72. The molecule has 4 fully saturated rings. The number of ketones is 1. The lowest BCUT2D eigenvalue weighted by molar-refractivity contribution is -0.119. The third-order valence-electron chi connectivity index (χ3n) is 14.7. The van der Waals surface area contributed by atoms with Crippen LogP contribution >= 0.6 is 0 Å². The van der Waals surface area contributed by atoms with Gasteiger partial charge in [-0.1, -0.05) is 25.7 Å². The van der Waals surface area contributed by atoms with E-state index in [1.54, 1.807) is 6.92 Å². The van der Waals surface area contributed by atoms with Gasteiger partial charge in [-0.25, -0.2) is 19.9 Å². The standard InChI is InChI=1S/C27H34N8O.C24H25N7O.C3H9NO/c1-18(17-36)31-19-9-12-34(13-10-19)21-6-7-25(29-14-21)32-27-30-15-23-22-8-11-28-16-24(22)35(26(23)33-27)20-4-2-3-5-20;32-18-8-11-30(12-9-18)17-5-6-22(26-13-17)28-24-27-14-20-19-7-10-25-15-21(19)31(23(20)29-24)16-3-1-2-4-16;1-3(4)2-5/h6-8,11,14-16,18-20,31,36H,2-5,9-10,12-13,17H2,1H3,(H,29,30,32,33);5-7,10,13-16H,1-4,8-9,11-12H2,(H,26,27,28,29);3,5H,2,4H2,1H3/t18-;;3-/m1.1/s1. The molecule has 0 radical (unpaired) electrons. The van der Waals surface area contributed by atoms with Crippen LogP contribution in [0.3, 0.4) is 0 Å². The Morgan fingerprint density at radius 1 is 0.589 bits per heavy atom. The molecular formula is C54H68N16O3. The molecule has 7 N–H and O–H groups in total. The Morgan fingerprint density at radius 2 is 1.05 bits per heavy atom. The molecule has 2 aliphatic carbocycles. The Morgan fingerprint density at radius 3 is 1.48 bits per heavy atom. The van der Waals surface area contributed by atoms with Crippen molar-refractivity contribution in [3.8, 4) is 0 Å². The molecule has 2 saturated carbocycles. The number of aliphatic hydroxyl groups is 2. The van der Waals surface area contributed by atoms with Crippen LogP contribution in [0.4, 0.5) is 34.9 Å². The zero-order valence-corrected chi connectivity index (χ0v) is 41.9. The second-order valence-corrected chi connectivity index (χ2v) is 20.0. The van der Waals surface area contributed by atoms with Gasteiger partial charge in [-0.3, -0.25) is 14.8 Å². The summed E-state index contributed by atoms with van der Waals surface area (Å²) in [6.07, 6.45) is 28.2. The van der Waals surface area contributed by atoms with Gasteiger partial charge in [-0.2, -0.15) is 9.97 Å². The summed E-state index contributed by atoms with van der Waals surface area (Å²) in [5, 5.41) is 31.8. The minimum Gasteiger partial charge on any atom is -0.395 e. The molecule has 19 nitrogen and oxygen atoms in total. The number of anilines is 6. The predicted octanol–water partition coefficient (Wildman–Crippen LogP) is 7.90. The lowest BCUT2D eigenvalue weighted by Crippen LogP contribution is -2.46. The molecule has 0 unspecified atom stereocenters. The SMILES string of the molecule is C[C@@H](N)CO.C[C@H](CO)NC1CCN(c2ccc(Nc3ncc4c5ccncc5n(C5CCCC5)c4n3)nc2)CC1.O=C1CCN(c2ccc(Nc3ncc4c5ccncc5n(C5CCCC5)c4n3)nc2)CC1. The maximum absolute atomic E-state index is 11.5. The van der Waals surface area contributed by atoms with Crippen LogP contribution in [0.2, 0.25) is 0 Å². The molecule has 0 bridgehead atoms. The molecule has 12 rings (SSSR count). The lowest BCUT2D eigenvalue weighted by Gasteiger charge is -2.35. The maximum Gasteiger partial charge on any atom is 0.230 e. The first-order valence-corrected chi connectivity index (χ1v) is 26.1. The van der Waals surface area contributed by atoms with Crippen molar-refractivity contribution in [2.45, 2.75) is 121 Å². The minimum absolute atomic E-state index is 0.0602. The summed E-state index contributed by atoms with van der Waals surface area (Å²) >= 11 is 0. The van der Waals surface area contributed by atoms with E-state index in [4.69, 9.17) is 20.8 Å². The van der Waals surface area contributed by atoms with E-state index < -0.39 is 0 Å². The third kappa shape index (κ3) is 11.3. The fourth-order valence-electron chi connectivity index (χ4n) is 10.8. The topological polar surface area (TPSA) is 239 Å². The van der Waals surface area contributed by atoms with E-state index in [0.29, 0.717) is 54.5 Å². The van der Waals surface area contributed by atoms with E-state index in [0.717, 1.165) is 100 Å². The fraction of sp³-hybridized carbons (Fsp3) is 0.463. The van der Waals surface area contributed by atoms with Crippen molar-refractivity contribution in [3.63, 3.8) is 0 Å². The van der Waals surface area contributed by atoms with Gasteiger partial charge in [-0.05, 0) is 88.8 Å². The largest absolute Gasteiger partial charge is 0.395 e. The number of aliphatic hydroxyl groups excluding tert-OH is 2. The van der Waals surface area contributed by atoms with Crippen molar-refractivity contribution in [1.82, 2.24) is 54.3 Å². The van der Waals surface area contributed by atoms with Crippen LogP contribution in [0.5, 0.6) is 0 Å². The zero-order valence-electron chi connectivity index (χ0n) is 41.9. The van der Waals surface area contributed by atoms with Crippen molar-refractivity contribution in [1.29, 1.82) is 0 Å². The van der Waals surface area contributed by atoms with Gasteiger partial charge >= 0.3 is 0 Å². The highest BCUT2D eigenvalue weighted by Gasteiger charge is 2.26. The smallest absolute Gasteiger partial charge is 0.230 e. The van der Waals surface area contributed by atoms with Crippen molar-refractivity contribution in [2.24, 2.45) is 5.73 Å². The maximum atomic E-state index is 11.5. The van der Waals surface area contributed by atoms with E-state index in [2.05, 4.69) is 76.9 Å². The number of rotatable bonds is 12. The van der Waals surface area contributed by atoms with Gasteiger partial charge in [0.25, 0.3) is 0 Å². The number of carbonyl (C=O) groups is 1. The highest BCUT2D eigenvalue weighted by Crippen LogP contribution is 2.39. The number of Topliss-reactive ketones (excluding diaryl/α,β-unsaturated/α-hetero) is 1. The van der Waals surface area contributed by atoms with Gasteiger partial charge in [0.15, 0.2) is 0 Å². The number of carbonyl (C=O) groups excluding carboxylic acids is 1. The number of aromatic nitrogens is 10. The number of hydrogen-bond acceptors (Lipinski definition) is 17. The summed E-state index contributed by atoms with van der Waals surface area (Å²) in [4.78, 5) is 53.0. The van der Waals surface area contributed by atoms with Crippen LogP contribution in [0.1, 0.15) is 103 Å². The summed E-state index contributed by atoms with van der Waals surface area (Å²) in [5.74, 6) is 2.87. The number of fused-ring (bicyclic) bond motifs is 6. The van der Waals surface area contributed by atoms with E-state index >= 15 is 0 Å². The second kappa shape index (κ2) is 22.9. The van der Waals surface area contributed by atoms with E-state index in [1.807, 2.05) is 80.8 Å². The highest BCUT2D eigenvalue weighted by molar-refractivity contribution is 6.07. The van der Waals surface area contributed by atoms with Gasteiger partial charge in [0, 0.05) is 116 Å². The number of pyridine rings is 4. The Kier molecular flexibility index (Phi) is 15.6. The molecule has 8 aromatic heterocycles. The first kappa shape index (κ1) is 49.6. The number of nitrogens with two attached hydrogens (primary N) is 1. The minimum atomic E-state index is -0.0602. The molecule has 2 atom stereocenters. The summed E-state index contributed by atoms with van der Waals surface area (Å²) in [5.41, 5.74) is 11.4. The van der Waals surface area contributed by atoms with Crippen LogP contribution in [0.15, 0.2) is 86.0 Å². The van der Waals surface area contributed by atoms with Gasteiger partial charge in [-0.15, -0.1) is 0 Å². The van der Waals surface area contributed by atoms with Crippen molar-refractivity contribution in [2.75, 3.05) is 59.8 Å². The predicted molar refractivity (Wildman–Crippen MR) is 288 cm³/mol. The molecule has 382 valence electrons. The molecule has 0 aromatic carbocycles. The van der Waals surface area contributed by atoms with Crippen LogP contribution < -0.4 is 31.5 Å². The number of hydrogen-bond donors (Lipinski definition) is 6. The first-order valence-electron chi connectivity index (χ1n) is 26.1. The lowest BCUT2D eigenvalue weighted by atomic mass is 10.0. The first-order chi connectivity index (χ1) is 35.7. The van der Waals surface area contributed by atoms with Crippen molar-refractivity contribution >= 4 is 84.6 Å². The number of nitrogens with one attached hydrogen (secondary N) is 3. The molecule has 10 heterocycles. The average Bonchev–Trinajstić information content (AvgIpc) is 4.27. The monoisotopic (exact) mass is 989 g/mol. The van der Waals surface area contributed by atoms with Gasteiger partial charge in [0.05, 0.1) is 60.4 Å². The van der Waals surface area contributed by atoms with Crippen LogP contribution in [-0.4, -0.2) is 123 Å². The van der Waals surface area contributed by atoms with E-state index in [-0.39, 0.29) is 25.3 Å². The highest BCUT2D eigenvalue weighted by atomic mass is 16.3. The normalized spacial score (nSPS) is 17.7. The quantitative estimate of drug-likeness (QED) is 0.0682. The summed E-state index contributed by atoms with van der Waals surface area (Å²) in [6, 6.07) is 13.6. The molecule has 8 aromatic rings. The average molecular weight is 989 g/mol. The van der Waals surface area contributed by atoms with Crippen LogP contribution in [-0.2, 0) is 4.79 Å². The zero-order chi connectivity index (χ0) is 50.3.